The topological polar surface area (TPSA) is 78.9 Å². The SMILES string of the molecule is CCCCCCCCC/C=C\CCCCCCCC(=O)OCC(COC(=O)CCCCCCCCCCCCCCCCCCCCCCCCCCCCCCCCC)OC(=O)CCCCCCCCCCCCCCCCCCC. The summed E-state index contributed by atoms with van der Waals surface area (Å²) < 4.78 is 17.0. The lowest BCUT2D eigenvalue weighted by atomic mass is 10.0. The largest absolute Gasteiger partial charge is 0.462 e. The second-order valence-corrected chi connectivity index (χ2v) is 25.9. The maximum Gasteiger partial charge on any atom is 0.306 e. The Hall–Kier alpha value is -1.85. The van der Waals surface area contributed by atoms with Crippen molar-refractivity contribution in [3.63, 3.8) is 0 Å². The van der Waals surface area contributed by atoms with Crippen LogP contribution in [0.2, 0.25) is 0 Å². The van der Waals surface area contributed by atoms with Gasteiger partial charge in [0.2, 0.25) is 0 Å². The van der Waals surface area contributed by atoms with Crippen molar-refractivity contribution in [3.8, 4) is 0 Å². The molecular weight excluding hydrogens is 1010 g/mol. The third kappa shape index (κ3) is 68.9. The predicted octanol–water partition coefficient (Wildman–Crippen LogP) is 26.0. The normalized spacial score (nSPS) is 12.0. The second kappa shape index (κ2) is 71.6. The molecule has 0 rings (SSSR count). The standard InChI is InChI=1S/C76H146O6/c1-4-7-10-13-16-19-22-25-28-31-32-33-34-35-36-37-38-39-40-41-42-43-44-46-48-51-54-57-60-63-66-69-75(78)81-72-73(71-80-74(77)68-65-62-59-56-53-50-47-30-27-24-21-18-15-12-9-6-3)82-76(79)70-67-64-61-58-55-52-49-45-29-26-23-20-17-14-11-8-5-2/h30,47,73H,4-29,31-46,48-72H2,1-3H3/b47-30-. The summed E-state index contributed by atoms with van der Waals surface area (Å²) in [5.41, 5.74) is 0. The van der Waals surface area contributed by atoms with Gasteiger partial charge in [0.1, 0.15) is 13.2 Å². The molecule has 0 aliphatic heterocycles. The fraction of sp³-hybridized carbons (Fsp3) is 0.934. The third-order valence-electron chi connectivity index (χ3n) is 17.5. The monoisotopic (exact) mass is 1160 g/mol. The Kier molecular flexibility index (Phi) is 70.0. The van der Waals surface area contributed by atoms with Gasteiger partial charge in [-0.1, -0.05) is 386 Å². The first kappa shape index (κ1) is 80.2. The van der Waals surface area contributed by atoms with E-state index < -0.39 is 6.10 Å². The lowest BCUT2D eigenvalue weighted by molar-refractivity contribution is -0.167. The molecule has 82 heavy (non-hydrogen) atoms. The van der Waals surface area contributed by atoms with Crippen molar-refractivity contribution in [3.05, 3.63) is 12.2 Å². The fourth-order valence-corrected chi connectivity index (χ4v) is 11.9. The van der Waals surface area contributed by atoms with E-state index >= 15 is 0 Å². The number of rotatable bonds is 71. The van der Waals surface area contributed by atoms with Crippen molar-refractivity contribution >= 4 is 17.9 Å². The van der Waals surface area contributed by atoms with Crippen LogP contribution in [0.25, 0.3) is 0 Å². The van der Waals surface area contributed by atoms with Gasteiger partial charge in [0.25, 0.3) is 0 Å². The molecule has 0 heterocycles. The average Bonchev–Trinajstić information content (AvgIpc) is 3.47. The summed E-state index contributed by atoms with van der Waals surface area (Å²) in [5.74, 6) is -0.836. The van der Waals surface area contributed by atoms with Gasteiger partial charge in [-0.05, 0) is 44.9 Å². The van der Waals surface area contributed by atoms with E-state index in [4.69, 9.17) is 14.2 Å². The zero-order valence-corrected chi connectivity index (χ0v) is 56.1. The van der Waals surface area contributed by atoms with Gasteiger partial charge < -0.3 is 14.2 Å². The highest BCUT2D eigenvalue weighted by atomic mass is 16.6. The summed E-state index contributed by atoms with van der Waals surface area (Å²) in [4.78, 5) is 38.5. The number of esters is 3. The van der Waals surface area contributed by atoms with Crippen molar-refractivity contribution in [2.75, 3.05) is 13.2 Å². The minimum absolute atomic E-state index is 0.0655. The van der Waals surface area contributed by atoms with Crippen molar-refractivity contribution in [2.45, 2.75) is 444 Å². The summed E-state index contributed by atoms with van der Waals surface area (Å²) in [6.45, 7) is 6.73. The van der Waals surface area contributed by atoms with Gasteiger partial charge in [0.05, 0.1) is 0 Å². The van der Waals surface area contributed by atoms with E-state index in [1.54, 1.807) is 0 Å². The van der Waals surface area contributed by atoms with E-state index in [0.717, 1.165) is 64.2 Å². The number of allylic oxidation sites excluding steroid dienone is 2. The molecule has 486 valence electrons. The van der Waals surface area contributed by atoms with Crippen LogP contribution >= 0.6 is 0 Å². The molecule has 0 spiro atoms. The van der Waals surface area contributed by atoms with E-state index in [1.807, 2.05) is 0 Å². The molecule has 0 amide bonds. The molecule has 0 aromatic rings. The van der Waals surface area contributed by atoms with E-state index in [1.165, 1.54) is 334 Å². The van der Waals surface area contributed by atoms with Gasteiger partial charge in [-0.2, -0.15) is 0 Å². The number of ether oxygens (including phenoxy) is 3. The highest BCUT2D eigenvalue weighted by Gasteiger charge is 2.20. The maximum absolute atomic E-state index is 13.0. The molecule has 0 N–H and O–H groups in total. The van der Waals surface area contributed by atoms with Gasteiger partial charge in [-0.15, -0.1) is 0 Å². The second-order valence-electron chi connectivity index (χ2n) is 25.9. The van der Waals surface area contributed by atoms with Gasteiger partial charge in [-0.25, -0.2) is 0 Å². The van der Waals surface area contributed by atoms with Gasteiger partial charge in [0, 0.05) is 19.3 Å². The van der Waals surface area contributed by atoms with E-state index in [0.29, 0.717) is 19.3 Å². The molecule has 0 aliphatic carbocycles. The van der Waals surface area contributed by atoms with E-state index in [9.17, 15) is 14.4 Å². The summed E-state index contributed by atoms with van der Waals surface area (Å²) in [6, 6.07) is 0. The number of unbranched alkanes of at least 4 members (excludes halogenated alkanes) is 58. The summed E-state index contributed by atoms with van der Waals surface area (Å²) in [5, 5.41) is 0. The molecule has 6 nitrogen and oxygen atoms in total. The van der Waals surface area contributed by atoms with Crippen LogP contribution in [-0.4, -0.2) is 37.2 Å². The molecule has 0 saturated carbocycles. The molecular formula is C76H146O6. The lowest BCUT2D eigenvalue weighted by Crippen LogP contribution is -2.30. The minimum atomic E-state index is -0.770. The van der Waals surface area contributed by atoms with E-state index in [-0.39, 0.29) is 31.1 Å². The van der Waals surface area contributed by atoms with Crippen LogP contribution < -0.4 is 0 Å². The van der Waals surface area contributed by atoms with Gasteiger partial charge in [-0.3, -0.25) is 14.4 Å². The number of hydrogen-bond donors (Lipinski definition) is 0. The average molecular weight is 1160 g/mol. The van der Waals surface area contributed by atoms with Crippen LogP contribution in [0.15, 0.2) is 12.2 Å². The smallest absolute Gasteiger partial charge is 0.306 e. The fourth-order valence-electron chi connectivity index (χ4n) is 11.9. The van der Waals surface area contributed by atoms with Crippen LogP contribution in [0, 0.1) is 0 Å². The molecule has 0 aliphatic rings. The van der Waals surface area contributed by atoms with Crippen LogP contribution in [0.1, 0.15) is 438 Å². The molecule has 0 aromatic carbocycles. The summed E-state index contributed by atoms with van der Waals surface area (Å²) in [7, 11) is 0. The first-order chi connectivity index (χ1) is 40.5. The number of carbonyl (C=O) groups excluding carboxylic acids is 3. The van der Waals surface area contributed by atoms with Crippen LogP contribution in [0.5, 0.6) is 0 Å². The predicted molar refractivity (Wildman–Crippen MR) is 358 cm³/mol. The first-order valence-electron chi connectivity index (χ1n) is 37.7. The summed E-state index contributed by atoms with van der Waals surface area (Å²) >= 11 is 0. The van der Waals surface area contributed by atoms with Crippen LogP contribution in [-0.2, 0) is 28.6 Å². The zero-order chi connectivity index (χ0) is 59.2. The van der Waals surface area contributed by atoms with Gasteiger partial charge >= 0.3 is 17.9 Å². The van der Waals surface area contributed by atoms with Crippen molar-refractivity contribution in [1.29, 1.82) is 0 Å². The van der Waals surface area contributed by atoms with Crippen LogP contribution in [0.3, 0.4) is 0 Å². The molecule has 1 unspecified atom stereocenters. The molecule has 0 bridgehead atoms. The Morgan fingerprint density at radius 3 is 0.610 bits per heavy atom. The molecule has 6 heteroatoms. The third-order valence-corrected chi connectivity index (χ3v) is 17.5. The van der Waals surface area contributed by atoms with Gasteiger partial charge in [0.15, 0.2) is 6.10 Å². The Morgan fingerprint density at radius 1 is 0.232 bits per heavy atom. The van der Waals surface area contributed by atoms with Crippen molar-refractivity contribution < 1.29 is 28.6 Å². The zero-order valence-electron chi connectivity index (χ0n) is 56.1. The van der Waals surface area contributed by atoms with Crippen molar-refractivity contribution in [1.82, 2.24) is 0 Å². The van der Waals surface area contributed by atoms with Crippen molar-refractivity contribution in [2.24, 2.45) is 0 Å². The molecule has 0 aromatic heterocycles. The molecule has 0 fully saturated rings. The molecule has 1 atom stereocenters. The lowest BCUT2D eigenvalue weighted by Gasteiger charge is -2.18. The highest BCUT2D eigenvalue weighted by molar-refractivity contribution is 5.71. The van der Waals surface area contributed by atoms with E-state index in [2.05, 4.69) is 32.9 Å². The molecule has 0 radical (unpaired) electrons. The Morgan fingerprint density at radius 2 is 0.402 bits per heavy atom. The first-order valence-corrected chi connectivity index (χ1v) is 37.7. The Balaban J connectivity index is 4.14. The number of hydrogen-bond acceptors (Lipinski definition) is 6. The maximum atomic E-state index is 13.0. The van der Waals surface area contributed by atoms with Crippen LogP contribution in [0.4, 0.5) is 0 Å². The molecule has 0 saturated heterocycles. The Bertz CT molecular complexity index is 1280. The quantitative estimate of drug-likeness (QED) is 0.0261. The Labute approximate surface area is 513 Å². The summed E-state index contributed by atoms with van der Waals surface area (Å²) in [6.07, 6.45) is 87.0. The number of carbonyl (C=O) groups is 3. The highest BCUT2D eigenvalue weighted by Crippen LogP contribution is 2.20. The minimum Gasteiger partial charge on any atom is -0.462 e.